The summed E-state index contributed by atoms with van der Waals surface area (Å²) in [6.45, 7) is 1.48. The number of alkyl halides is 3. The van der Waals surface area contributed by atoms with Crippen LogP contribution in [0.25, 0.3) is 0 Å². The minimum atomic E-state index is -4.58. The summed E-state index contributed by atoms with van der Waals surface area (Å²) in [5.41, 5.74) is 1.57. The number of benzene rings is 2. The first-order chi connectivity index (χ1) is 13.2. The number of halogens is 3. The van der Waals surface area contributed by atoms with Gasteiger partial charge in [-0.3, -0.25) is 9.59 Å². The predicted molar refractivity (Wildman–Crippen MR) is 98.3 cm³/mol. The fraction of sp³-hybridized carbons (Fsp3) is 0.211. The van der Waals surface area contributed by atoms with E-state index in [0.717, 1.165) is 6.07 Å². The number of nitrogens with one attached hydrogen (secondary N) is 2. The first-order valence-electron chi connectivity index (χ1n) is 8.14. The zero-order valence-corrected chi connectivity index (χ0v) is 15.1. The molecule has 148 valence electrons. The van der Waals surface area contributed by atoms with Gasteiger partial charge >= 0.3 is 6.18 Å². The van der Waals surface area contributed by atoms with Crippen molar-refractivity contribution in [2.24, 2.45) is 5.10 Å². The van der Waals surface area contributed by atoms with Crippen LogP contribution in [0.3, 0.4) is 0 Å². The highest BCUT2D eigenvalue weighted by Gasteiger charge is 2.33. The second kappa shape index (κ2) is 9.03. The van der Waals surface area contributed by atoms with Gasteiger partial charge in [-0.1, -0.05) is 12.1 Å². The molecule has 2 amide bonds. The van der Waals surface area contributed by atoms with Crippen molar-refractivity contribution >= 4 is 23.2 Å². The number of hydrogen-bond acceptors (Lipinski definition) is 4. The summed E-state index contributed by atoms with van der Waals surface area (Å²) in [6, 6.07) is 11.0. The van der Waals surface area contributed by atoms with Crippen molar-refractivity contribution in [1.29, 1.82) is 0 Å². The summed E-state index contributed by atoms with van der Waals surface area (Å²) < 4.78 is 43.8. The quantitative estimate of drug-likeness (QED) is 0.578. The SMILES string of the molecule is COc1ccc(C(=O)N/N=C(\C)CC(=O)Nc2ccccc2C(F)(F)F)cc1. The summed E-state index contributed by atoms with van der Waals surface area (Å²) >= 11 is 0. The van der Waals surface area contributed by atoms with Crippen molar-refractivity contribution in [3.8, 4) is 5.75 Å². The lowest BCUT2D eigenvalue weighted by atomic mass is 10.1. The second-order valence-corrected chi connectivity index (χ2v) is 5.78. The fourth-order valence-electron chi connectivity index (χ4n) is 2.26. The minimum Gasteiger partial charge on any atom is -0.497 e. The highest BCUT2D eigenvalue weighted by atomic mass is 19.4. The predicted octanol–water partition coefficient (Wildman–Crippen LogP) is 3.85. The Morgan fingerprint density at radius 1 is 1.07 bits per heavy atom. The molecule has 0 fully saturated rings. The van der Waals surface area contributed by atoms with Crippen LogP contribution < -0.4 is 15.5 Å². The van der Waals surface area contributed by atoms with Crippen LogP contribution in [-0.4, -0.2) is 24.6 Å². The molecule has 2 rings (SSSR count). The van der Waals surface area contributed by atoms with E-state index >= 15 is 0 Å². The lowest BCUT2D eigenvalue weighted by molar-refractivity contribution is -0.137. The van der Waals surface area contributed by atoms with Crippen LogP contribution in [0.15, 0.2) is 53.6 Å². The summed E-state index contributed by atoms with van der Waals surface area (Å²) in [4.78, 5) is 24.0. The first-order valence-corrected chi connectivity index (χ1v) is 8.14. The van der Waals surface area contributed by atoms with Crippen LogP contribution in [-0.2, 0) is 11.0 Å². The van der Waals surface area contributed by atoms with Gasteiger partial charge in [-0.2, -0.15) is 18.3 Å². The number of nitrogens with zero attached hydrogens (tertiary/aromatic N) is 1. The number of carbonyl (C=O) groups excluding carboxylic acids is 2. The maximum atomic E-state index is 12.9. The number of rotatable bonds is 6. The van der Waals surface area contributed by atoms with E-state index in [1.807, 2.05) is 0 Å². The summed E-state index contributed by atoms with van der Waals surface area (Å²) in [6.07, 6.45) is -4.87. The Bertz CT molecular complexity index is 878. The molecule has 0 aliphatic carbocycles. The second-order valence-electron chi connectivity index (χ2n) is 5.78. The van der Waals surface area contributed by atoms with E-state index in [1.54, 1.807) is 24.3 Å². The van der Waals surface area contributed by atoms with Gasteiger partial charge in [0.2, 0.25) is 5.91 Å². The van der Waals surface area contributed by atoms with Crippen LogP contribution in [0, 0.1) is 0 Å². The minimum absolute atomic E-state index is 0.226. The van der Waals surface area contributed by atoms with Gasteiger partial charge in [0.1, 0.15) is 5.75 Å². The zero-order valence-electron chi connectivity index (χ0n) is 15.1. The van der Waals surface area contributed by atoms with E-state index in [0.29, 0.717) is 11.3 Å². The molecular weight excluding hydrogens is 375 g/mol. The highest BCUT2D eigenvalue weighted by molar-refractivity contribution is 6.06. The molecule has 28 heavy (non-hydrogen) atoms. The van der Waals surface area contributed by atoms with Crippen LogP contribution in [0.1, 0.15) is 29.3 Å². The third-order valence-electron chi connectivity index (χ3n) is 3.62. The summed E-state index contributed by atoms with van der Waals surface area (Å²) in [5, 5.41) is 6.01. The lowest BCUT2D eigenvalue weighted by Gasteiger charge is -2.13. The van der Waals surface area contributed by atoms with Gasteiger partial charge in [-0.15, -0.1) is 0 Å². The number of para-hydroxylation sites is 1. The number of amides is 2. The molecule has 0 saturated heterocycles. The molecule has 2 aromatic rings. The Labute approximate surface area is 159 Å². The lowest BCUT2D eigenvalue weighted by Crippen LogP contribution is -2.22. The van der Waals surface area contributed by atoms with Crippen molar-refractivity contribution in [2.45, 2.75) is 19.5 Å². The fourth-order valence-corrected chi connectivity index (χ4v) is 2.26. The third kappa shape index (κ3) is 5.83. The molecule has 2 aromatic carbocycles. The Balaban J connectivity index is 1.96. The number of carbonyl (C=O) groups is 2. The number of ether oxygens (including phenoxy) is 1. The van der Waals surface area contributed by atoms with E-state index in [1.165, 1.54) is 32.2 Å². The molecule has 9 heteroatoms. The number of anilines is 1. The Morgan fingerprint density at radius 3 is 2.32 bits per heavy atom. The van der Waals surface area contributed by atoms with Crippen molar-refractivity contribution in [3.63, 3.8) is 0 Å². The third-order valence-corrected chi connectivity index (χ3v) is 3.62. The molecule has 0 aliphatic heterocycles. The van der Waals surface area contributed by atoms with Gasteiger partial charge in [0, 0.05) is 11.3 Å². The molecule has 0 aliphatic rings. The standard InChI is InChI=1S/C19H18F3N3O3/c1-12(24-25-18(27)13-7-9-14(28-2)10-8-13)11-17(26)23-16-6-4-3-5-15(16)19(20,21)22/h3-10H,11H2,1-2H3,(H,23,26)(H,25,27)/b24-12+. The molecule has 2 N–H and O–H groups in total. The van der Waals surface area contributed by atoms with Crippen LogP contribution in [0.4, 0.5) is 18.9 Å². The normalized spacial score (nSPS) is 11.7. The molecule has 0 heterocycles. The van der Waals surface area contributed by atoms with E-state index < -0.39 is 23.6 Å². The van der Waals surface area contributed by atoms with Crippen molar-refractivity contribution in [3.05, 3.63) is 59.7 Å². The van der Waals surface area contributed by atoms with Gasteiger partial charge < -0.3 is 10.1 Å². The first kappa shape index (κ1) is 20.9. The number of hydrazone groups is 1. The summed E-state index contributed by atoms with van der Waals surface area (Å²) in [5.74, 6) is -0.589. The Morgan fingerprint density at radius 2 is 1.71 bits per heavy atom. The average molecular weight is 393 g/mol. The Kier molecular flexibility index (Phi) is 6.75. The molecule has 0 atom stereocenters. The van der Waals surface area contributed by atoms with Crippen molar-refractivity contribution < 1.29 is 27.5 Å². The largest absolute Gasteiger partial charge is 0.497 e. The molecule has 6 nitrogen and oxygen atoms in total. The maximum Gasteiger partial charge on any atom is 0.418 e. The van der Waals surface area contributed by atoms with E-state index in [2.05, 4.69) is 15.8 Å². The van der Waals surface area contributed by atoms with Crippen molar-refractivity contribution in [1.82, 2.24) is 5.43 Å². The maximum absolute atomic E-state index is 12.9. The van der Waals surface area contributed by atoms with E-state index in [-0.39, 0.29) is 17.8 Å². The van der Waals surface area contributed by atoms with Crippen molar-refractivity contribution in [2.75, 3.05) is 12.4 Å². The van der Waals surface area contributed by atoms with Crippen LogP contribution in [0.5, 0.6) is 5.75 Å². The highest BCUT2D eigenvalue weighted by Crippen LogP contribution is 2.34. The smallest absolute Gasteiger partial charge is 0.418 e. The monoisotopic (exact) mass is 393 g/mol. The average Bonchev–Trinajstić information content (AvgIpc) is 2.65. The van der Waals surface area contributed by atoms with Gasteiger partial charge in [-0.05, 0) is 43.3 Å². The number of methoxy groups -OCH3 is 1. The van der Waals surface area contributed by atoms with Crippen LogP contribution in [0.2, 0.25) is 0 Å². The van der Waals surface area contributed by atoms with Gasteiger partial charge in [0.15, 0.2) is 0 Å². The molecule has 0 aromatic heterocycles. The van der Waals surface area contributed by atoms with E-state index in [4.69, 9.17) is 4.74 Å². The van der Waals surface area contributed by atoms with Gasteiger partial charge in [0.25, 0.3) is 5.91 Å². The van der Waals surface area contributed by atoms with Crippen LogP contribution >= 0.6 is 0 Å². The van der Waals surface area contributed by atoms with Gasteiger partial charge in [0.05, 0.1) is 24.8 Å². The molecule has 0 spiro atoms. The Hall–Kier alpha value is -3.36. The van der Waals surface area contributed by atoms with Gasteiger partial charge in [-0.25, -0.2) is 5.43 Å². The van der Waals surface area contributed by atoms with E-state index in [9.17, 15) is 22.8 Å². The molecular formula is C19H18F3N3O3. The zero-order chi connectivity index (χ0) is 20.7. The number of hydrogen-bond donors (Lipinski definition) is 2. The molecule has 0 bridgehead atoms. The molecule has 0 radical (unpaired) electrons. The summed E-state index contributed by atoms with van der Waals surface area (Å²) in [7, 11) is 1.50. The topological polar surface area (TPSA) is 79.8 Å². The molecule has 0 saturated carbocycles. The molecule has 0 unspecified atom stereocenters.